The van der Waals surface area contributed by atoms with Gasteiger partial charge in [0.05, 0.1) is 28.8 Å². The van der Waals surface area contributed by atoms with Gasteiger partial charge in [-0.1, -0.05) is 29.8 Å². The number of fused-ring (bicyclic) bond motifs is 5. The van der Waals surface area contributed by atoms with E-state index in [1.54, 1.807) is 18.2 Å². The van der Waals surface area contributed by atoms with Crippen molar-refractivity contribution in [2.75, 3.05) is 27.2 Å². The van der Waals surface area contributed by atoms with E-state index in [9.17, 15) is 14.7 Å². The van der Waals surface area contributed by atoms with Gasteiger partial charge in [0.25, 0.3) is 11.8 Å². The number of aromatic nitrogens is 1. The van der Waals surface area contributed by atoms with Crippen LogP contribution < -0.4 is 10.1 Å². The number of amides is 2. The van der Waals surface area contributed by atoms with Crippen LogP contribution in [0.4, 0.5) is 0 Å². The molecule has 0 aliphatic carbocycles. The summed E-state index contributed by atoms with van der Waals surface area (Å²) in [7, 11) is 5.87. The Morgan fingerprint density at radius 1 is 1.03 bits per heavy atom. The molecule has 0 saturated carbocycles. The summed E-state index contributed by atoms with van der Waals surface area (Å²) in [4.78, 5) is 27.8. The average molecular weight is 514 g/mol. The number of imide groups is 1. The Kier molecular flexibility index (Phi) is 6.68. The third kappa shape index (κ3) is 4.10. The number of hydrogen-bond donors (Lipinski definition) is 2. The van der Waals surface area contributed by atoms with Crippen molar-refractivity contribution in [1.29, 1.82) is 0 Å². The Bertz CT molecular complexity index is 1490. The smallest absolute Gasteiger partial charge is 0.259 e. The number of halogens is 2. The van der Waals surface area contributed by atoms with Crippen LogP contribution in [0.2, 0.25) is 5.02 Å². The van der Waals surface area contributed by atoms with Gasteiger partial charge in [0.1, 0.15) is 0 Å². The van der Waals surface area contributed by atoms with Crippen molar-refractivity contribution >= 4 is 57.6 Å². The maximum absolute atomic E-state index is 12.9. The fourth-order valence-corrected chi connectivity index (χ4v) is 4.87. The first kappa shape index (κ1) is 24.9. The standard InChI is InChI=1S/C26H24ClN3O4.ClH/c1-29(2)9-6-10-34-21-13-18-16(12-20(21)31)22-19(30(18)3)11-15(14-7-4-5-8-17(14)27)23-24(22)26(33)28-25(23)32;/h4-5,7-8,11-13,31H,6,9-10H2,1-3H3,(H,28,32,33);1H. The van der Waals surface area contributed by atoms with Crippen LogP contribution >= 0.6 is 24.0 Å². The molecule has 0 fully saturated rings. The van der Waals surface area contributed by atoms with E-state index < -0.39 is 11.8 Å². The van der Waals surface area contributed by atoms with E-state index in [4.69, 9.17) is 16.3 Å². The molecule has 0 atom stereocenters. The van der Waals surface area contributed by atoms with Crippen LogP contribution in [0.5, 0.6) is 11.5 Å². The highest BCUT2D eigenvalue weighted by Gasteiger charge is 2.34. The van der Waals surface area contributed by atoms with Gasteiger partial charge in [-0.3, -0.25) is 14.9 Å². The fraction of sp³-hybridized carbons (Fsp3) is 0.231. The molecule has 9 heteroatoms. The first-order valence-corrected chi connectivity index (χ1v) is 11.4. The molecule has 2 heterocycles. The molecule has 0 radical (unpaired) electrons. The zero-order valence-electron chi connectivity index (χ0n) is 19.5. The number of carbonyl (C=O) groups is 2. The molecular formula is C26H25Cl2N3O4. The third-order valence-electron chi connectivity index (χ3n) is 6.23. The van der Waals surface area contributed by atoms with Gasteiger partial charge in [-0.15, -0.1) is 12.4 Å². The van der Waals surface area contributed by atoms with E-state index in [0.29, 0.717) is 50.4 Å². The van der Waals surface area contributed by atoms with Crippen LogP contribution in [0, 0.1) is 0 Å². The first-order chi connectivity index (χ1) is 16.3. The van der Waals surface area contributed by atoms with Crippen molar-refractivity contribution < 1.29 is 19.4 Å². The lowest BCUT2D eigenvalue weighted by Gasteiger charge is -2.11. The van der Waals surface area contributed by atoms with Gasteiger partial charge in [-0.25, -0.2) is 0 Å². The summed E-state index contributed by atoms with van der Waals surface area (Å²) in [6.07, 6.45) is 0.816. The molecule has 0 bridgehead atoms. The molecule has 1 aromatic heterocycles. The Balaban J connectivity index is 0.00000289. The Hall–Kier alpha value is -3.26. The summed E-state index contributed by atoms with van der Waals surface area (Å²) >= 11 is 6.46. The highest BCUT2D eigenvalue weighted by atomic mass is 35.5. The number of nitrogens with zero attached hydrogens (tertiary/aromatic N) is 2. The van der Waals surface area contributed by atoms with E-state index in [-0.39, 0.29) is 18.2 Å². The molecule has 182 valence electrons. The molecule has 0 saturated heterocycles. The van der Waals surface area contributed by atoms with E-state index in [0.717, 1.165) is 24.0 Å². The number of hydrogen-bond acceptors (Lipinski definition) is 5. The summed E-state index contributed by atoms with van der Waals surface area (Å²) in [5.41, 5.74) is 3.37. The second-order valence-corrected chi connectivity index (χ2v) is 9.14. The van der Waals surface area contributed by atoms with Crippen LogP contribution in [0.1, 0.15) is 27.1 Å². The molecule has 3 aromatic carbocycles. The number of aryl methyl sites for hydroxylation is 1. The number of phenolic OH excluding ortho intramolecular Hbond substituents is 1. The second kappa shape index (κ2) is 9.41. The van der Waals surface area contributed by atoms with Crippen molar-refractivity contribution in [2.45, 2.75) is 6.42 Å². The molecule has 0 unspecified atom stereocenters. The molecule has 2 N–H and O–H groups in total. The predicted octanol–water partition coefficient (Wildman–Crippen LogP) is 4.99. The van der Waals surface area contributed by atoms with Crippen LogP contribution in [0.3, 0.4) is 0 Å². The van der Waals surface area contributed by atoms with Crippen molar-refractivity contribution in [3.63, 3.8) is 0 Å². The number of aromatic hydroxyl groups is 1. The van der Waals surface area contributed by atoms with Gasteiger partial charge in [-0.05, 0) is 44.3 Å². The minimum atomic E-state index is -0.463. The zero-order valence-corrected chi connectivity index (χ0v) is 21.1. The predicted molar refractivity (Wildman–Crippen MR) is 140 cm³/mol. The number of phenols is 1. The van der Waals surface area contributed by atoms with Gasteiger partial charge < -0.3 is 19.3 Å². The summed E-state index contributed by atoms with van der Waals surface area (Å²) in [5.74, 6) is -0.562. The van der Waals surface area contributed by atoms with Crippen LogP contribution in [0.25, 0.3) is 32.9 Å². The topological polar surface area (TPSA) is 83.8 Å². The highest BCUT2D eigenvalue weighted by molar-refractivity contribution is 6.36. The largest absolute Gasteiger partial charge is 0.504 e. The first-order valence-electron chi connectivity index (χ1n) is 11.0. The SMILES string of the molecule is CN(C)CCCOc1cc2c(cc1O)c1c3c(c(-c4ccccc4Cl)cc1n2C)C(=O)NC3=O.Cl. The van der Waals surface area contributed by atoms with Gasteiger partial charge in [0.2, 0.25) is 0 Å². The summed E-state index contributed by atoms with van der Waals surface area (Å²) < 4.78 is 7.78. The van der Waals surface area contributed by atoms with Gasteiger partial charge in [0.15, 0.2) is 11.5 Å². The fourth-order valence-electron chi connectivity index (χ4n) is 4.63. The van der Waals surface area contributed by atoms with E-state index >= 15 is 0 Å². The maximum Gasteiger partial charge on any atom is 0.259 e. The lowest BCUT2D eigenvalue weighted by atomic mass is 9.93. The summed E-state index contributed by atoms with van der Waals surface area (Å²) in [6.45, 7) is 1.33. The van der Waals surface area contributed by atoms with Crippen molar-refractivity contribution in [2.24, 2.45) is 7.05 Å². The highest BCUT2D eigenvalue weighted by Crippen LogP contribution is 2.43. The Morgan fingerprint density at radius 3 is 2.46 bits per heavy atom. The number of benzene rings is 3. The second-order valence-electron chi connectivity index (χ2n) is 8.73. The monoisotopic (exact) mass is 513 g/mol. The van der Waals surface area contributed by atoms with Gasteiger partial charge in [-0.2, -0.15) is 0 Å². The molecule has 2 amide bonds. The molecule has 7 nitrogen and oxygen atoms in total. The Morgan fingerprint density at radius 2 is 1.74 bits per heavy atom. The molecular weight excluding hydrogens is 489 g/mol. The quantitative estimate of drug-likeness (QED) is 0.280. The molecule has 35 heavy (non-hydrogen) atoms. The number of carbonyl (C=O) groups excluding carboxylic acids is 2. The van der Waals surface area contributed by atoms with Crippen molar-refractivity contribution in [3.05, 3.63) is 58.6 Å². The van der Waals surface area contributed by atoms with Crippen molar-refractivity contribution in [3.8, 4) is 22.6 Å². The van der Waals surface area contributed by atoms with Crippen LogP contribution in [-0.4, -0.2) is 53.6 Å². The van der Waals surface area contributed by atoms with Crippen molar-refractivity contribution in [1.82, 2.24) is 14.8 Å². The molecule has 5 rings (SSSR count). The Labute approximate surface area is 213 Å². The normalized spacial score (nSPS) is 12.8. The number of nitrogens with one attached hydrogen (secondary N) is 1. The number of ether oxygens (including phenoxy) is 1. The summed E-state index contributed by atoms with van der Waals surface area (Å²) in [5, 5.41) is 14.9. The molecule has 1 aliphatic heterocycles. The minimum Gasteiger partial charge on any atom is -0.504 e. The van der Waals surface area contributed by atoms with E-state index in [2.05, 4.69) is 10.2 Å². The maximum atomic E-state index is 12.9. The van der Waals surface area contributed by atoms with Crippen LogP contribution in [-0.2, 0) is 7.05 Å². The van der Waals surface area contributed by atoms with Gasteiger partial charge >= 0.3 is 0 Å². The minimum absolute atomic E-state index is 0. The lowest BCUT2D eigenvalue weighted by molar-refractivity contribution is 0.0880. The average Bonchev–Trinajstić information content (AvgIpc) is 3.24. The molecule has 4 aromatic rings. The van der Waals surface area contributed by atoms with Gasteiger partial charge in [0, 0.05) is 41.0 Å². The summed E-state index contributed by atoms with van der Waals surface area (Å²) in [6, 6.07) is 12.5. The van der Waals surface area contributed by atoms with E-state index in [1.807, 2.05) is 50.0 Å². The van der Waals surface area contributed by atoms with Crippen LogP contribution in [0.15, 0.2) is 42.5 Å². The lowest BCUT2D eigenvalue weighted by Crippen LogP contribution is -2.20. The molecule has 1 aliphatic rings. The number of rotatable bonds is 6. The molecule has 0 spiro atoms. The third-order valence-corrected chi connectivity index (χ3v) is 6.56. The zero-order chi connectivity index (χ0) is 24.1. The van der Waals surface area contributed by atoms with E-state index in [1.165, 1.54) is 0 Å².